The van der Waals surface area contributed by atoms with Crippen LogP contribution in [0.25, 0.3) is 10.9 Å². The van der Waals surface area contributed by atoms with E-state index in [0.29, 0.717) is 32.5 Å². The summed E-state index contributed by atoms with van der Waals surface area (Å²) in [4.78, 5) is 8.37. The van der Waals surface area contributed by atoms with Crippen LogP contribution in [0.5, 0.6) is 5.75 Å². The van der Waals surface area contributed by atoms with Crippen LogP contribution in [0.1, 0.15) is 24.1 Å². The molecule has 0 aliphatic heterocycles. The summed E-state index contributed by atoms with van der Waals surface area (Å²) < 4.78 is 44.8. The zero-order valence-electron chi connectivity index (χ0n) is 14.2. The molecular formula is C18H14BrClF3N3O. The molecular weight excluding hydrogens is 447 g/mol. The largest absolute Gasteiger partial charge is 0.495 e. The van der Waals surface area contributed by atoms with Crippen molar-refractivity contribution in [2.24, 2.45) is 0 Å². The number of halogens is 5. The van der Waals surface area contributed by atoms with Crippen molar-refractivity contribution in [1.82, 2.24) is 9.97 Å². The number of hydrogen-bond donors (Lipinski definition) is 1. The van der Waals surface area contributed by atoms with Gasteiger partial charge in [-0.1, -0.05) is 12.1 Å². The van der Waals surface area contributed by atoms with E-state index in [4.69, 9.17) is 16.3 Å². The first-order chi connectivity index (χ1) is 12.7. The van der Waals surface area contributed by atoms with E-state index < -0.39 is 17.8 Å². The number of nitrogens with zero attached hydrogens (tertiary/aromatic N) is 2. The SMILES string of the molecule is COc1cc2nc(Cl)nc(NC(C)c3cccc(C(F)(F)F)c3)c2cc1Br. The highest BCUT2D eigenvalue weighted by Crippen LogP contribution is 2.35. The molecule has 1 unspecified atom stereocenters. The number of fused-ring (bicyclic) bond motifs is 1. The van der Waals surface area contributed by atoms with Gasteiger partial charge in [-0.15, -0.1) is 0 Å². The van der Waals surface area contributed by atoms with Gasteiger partial charge in [-0.2, -0.15) is 13.2 Å². The Labute approximate surface area is 166 Å². The van der Waals surface area contributed by atoms with Gasteiger partial charge in [0.25, 0.3) is 0 Å². The number of hydrogen-bond acceptors (Lipinski definition) is 4. The van der Waals surface area contributed by atoms with Crippen LogP contribution < -0.4 is 10.1 Å². The Balaban J connectivity index is 2.00. The number of methoxy groups -OCH3 is 1. The van der Waals surface area contributed by atoms with Crippen molar-refractivity contribution in [1.29, 1.82) is 0 Å². The first-order valence-corrected chi connectivity index (χ1v) is 9.00. The van der Waals surface area contributed by atoms with E-state index in [-0.39, 0.29) is 5.28 Å². The lowest BCUT2D eigenvalue weighted by molar-refractivity contribution is -0.137. The Bertz CT molecular complexity index is 997. The second-order valence-corrected chi connectivity index (χ2v) is 7.03. The topological polar surface area (TPSA) is 47.0 Å². The minimum atomic E-state index is -4.40. The quantitative estimate of drug-likeness (QED) is 0.468. The molecule has 1 N–H and O–H groups in total. The van der Waals surface area contributed by atoms with Crippen molar-refractivity contribution in [3.05, 3.63) is 57.3 Å². The van der Waals surface area contributed by atoms with Gasteiger partial charge in [0, 0.05) is 17.5 Å². The van der Waals surface area contributed by atoms with Gasteiger partial charge in [-0.05, 0) is 58.2 Å². The highest BCUT2D eigenvalue weighted by atomic mass is 79.9. The fourth-order valence-electron chi connectivity index (χ4n) is 2.64. The predicted octanol–water partition coefficient (Wildman–Crippen LogP) is 6.25. The molecule has 1 atom stereocenters. The Morgan fingerprint density at radius 3 is 2.59 bits per heavy atom. The summed E-state index contributed by atoms with van der Waals surface area (Å²) in [6.45, 7) is 1.75. The minimum Gasteiger partial charge on any atom is -0.495 e. The molecule has 0 fully saturated rings. The number of anilines is 1. The maximum atomic E-state index is 13.0. The summed E-state index contributed by atoms with van der Waals surface area (Å²) in [6, 6.07) is 8.18. The molecule has 0 bridgehead atoms. The summed E-state index contributed by atoms with van der Waals surface area (Å²) >= 11 is 9.42. The number of aromatic nitrogens is 2. The first kappa shape index (κ1) is 19.7. The van der Waals surface area contributed by atoms with E-state index in [1.54, 1.807) is 25.1 Å². The van der Waals surface area contributed by atoms with Gasteiger partial charge in [0.2, 0.25) is 5.28 Å². The van der Waals surface area contributed by atoms with Crippen LogP contribution in [0.2, 0.25) is 5.28 Å². The molecule has 9 heteroatoms. The molecule has 3 aromatic rings. The molecule has 1 heterocycles. The lowest BCUT2D eigenvalue weighted by Crippen LogP contribution is -2.11. The van der Waals surface area contributed by atoms with E-state index in [0.717, 1.165) is 12.1 Å². The van der Waals surface area contributed by atoms with Crippen molar-refractivity contribution in [3.8, 4) is 5.75 Å². The molecule has 1 aromatic heterocycles. The van der Waals surface area contributed by atoms with Crippen molar-refractivity contribution >= 4 is 44.3 Å². The lowest BCUT2D eigenvalue weighted by Gasteiger charge is -2.18. The second kappa shape index (κ2) is 7.52. The highest BCUT2D eigenvalue weighted by Gasteiger charge is 2.30. The van der Waals surface area contributed by atoms with Crippen LogP contribution in [-0.4, -0.2) is 17.1 Å². The fourth-order valence-corrected chi connectivity index (χ4v) is 3.32. The molecule has 27 heavy (non-hydrogen) atoms. The van der Waals surface area contributed by atoms with Crippen molar-refractivity contribution < 1.29 is 17.9 Å². The van der Waals surface area contributed by atoms with E-state index in [1.807, 2.05) is 0 Å². The summed E-state index contributed by atoms with van der Waals surface area (Å²) in [6.07, 6.45) is -4.40. The summed E-state index contributed by atoms with van der Waals surface area (Å²) in [5, 5.41) is 3.80. The molecule has 2 aromatic carbocycles. The molecule has 3 rings (SSSR count). The van der Waals surface area contributed by atoms with E-state index in [1.165, 1.54) is 13.2 Å². The maximum absolute atomic E-state index is 13.0. The number of nitrogens with one attached hydrogen (secondary N) is 1. The third kappa shape index (κ3) is 4.27. The highest BCUT2D eigenvalue weighted by molar-refractivity contribution is 9.10. The van der Waals surface area contributed by atoms with Crippen LogP contribution in [0.4, 0.5) is 19.0 Å². The summed E-state index contributed by atoms with van der Waals surface area (Å²) in [7, 11) is 1.53. The summed E-state index contributed by atoms with van der Waals surface area (Å²) in [5.74, 6) is 0.993. The van der Waals surface area contributed by atoms with Crippen molar-refractivity contribution in [2.45, 2.75) is 19.1 Å². The van der Waals surface area contributed by atoms with Gasteiger partial charge < -0.3 is 10.1 Å². The van der Waals surface area contributed by atoms with Gasteiger partial charge in [-0.3, -0.25) is 0 Å². The predicted molar refractivity (Wildman–Crippen MR) is 102 cm³/mol. The van der Waals surface area contributed by atoms with Gasteiger partial charge >= 0.3 is 6.18 Å². The van der Waals surface area contributed by atoms with Gasteiger partial charge in [0.1, 0.15) is 11.6 Å². The maximum Gasteiger partial charge on any atom is 0.416 e. The average Bonchev–Trinajstić information content (AvgIpc) is 2.61. The van der Waals surface area contributed by atoms with E-state index in [9.17, 15) is 13.2 Å². The standard InChI is InChI=1S/C18H14BrClF3N3O/c1-9(10-4-3-5-11(6-10)18(21,22)23)24-16-12-7-13(19)15(27-2)8-14(12)25-17(20)26-16/h3-9H,1-2H3,(H,24,25,26). The monoisotopic (exact) mass is 459 g/mol. The molecule has 0 spiro atoms. The molecule has 0 aliphatic carbocycles. The van der Waals surface area contributed by atoms with Crippen LogP contribution in [-0.2, 0) is 6.18 Å². The van der Waals surface area contributed by atoms with Gasteiger partial charge in [0.05, 0.1) is 22.7 Å². The van der Waals surface area contributed by atoms with Gasteiger partial charge in [0.15, 0.2) is 0 Å². The third-order valence-electron chi connectivity index (χ3n) is 4.01. The number of rotatable bonds is 4. The van der Waals surface area contributed by atoms with Gasteiger partial charge in [-0.25, -0.2) is 9.97 Å². The fraction of sp³-hybridized carbons (Fsp3) is 0.222. The Morgan fingerprint density at radius 1 is 1.19 bits per heavy atom. The number of benzene rings is 2. The lowest BCUT2D eigenvalue weighted by atomic mass is 10.0. The average molecular weight is 461 g/mol. The van der Waals surface area contributed by atoms with E-state index in [2.05, 4.69) is 31.2 Å². The normalized spacial score (nSPS) is 12.9. The molecule has 0 radical (unpaired) electrons. The number of ether oxygens (including phenoxy) is 1. The second-order valence-electron chi connectivity index (χ2n) is 5.83. The summed E-state index contributed by atoms with van der Waals surface area (Å²) in [5.41, 5.74) is 0.320. The van der Waals surface area contributed by atoms with E-state index >= 15 is 0 Å². The van der Waals surface area contributed by atoms with Crippen LogP contribution >= 0.6 is 27.5 Å². The zero-order chi connectivity index (χ0) is 19.8. The Kier molecular flexibility index (Phi) is 5.48. The molecule has 0 amide bonds. The van der Waals surface area contributed by atoms with Crippen molar-refractivity contribution in [2.75, 3.05) is 12.4 Å². The van der Waals surface area contributed by atoms with Crippen LogP contribution in [0, 0.1) is 0 Å². The van der Waals surface area contributed by atoms with Crippen LogP contribution in [0.3, 0.4) is 0 Å². The smallest absolute Gasteiger partial charge is 0.416 e. The Morgan fingerprint density at radius 2 is 1.93 bits per heavy atom. The van der Waals surface area contributed by atoms with Crippen molar-refractivity contribution in [3.63, 3.8) is 0 Å². The number of alkyl halides is 3. The third-order valence-corrected chi connectivity index (χ3v) is 4.80. The Hall–Kier alpha value is -2.06. The first-order valence-electron chi connectivity index (χ1n) is 7.83. The molecule has 0 saturated heterocycles. The molecule has 142 valence electrons. The minimum absolute atomic E-state index is 0.0191. The van der Waals surface area contributed by atoms with Crippen LogP contribution in [0.15, 0.2) is 40.9 Å². The zero-order valence-corrected chi connectivity index (χ0v) is 16.6. The molecule has 0 saturated carbocycles. The molecule has 0 aliphatic rings. The molecule has 4 nitrogen and oxygen atoms in total.